The molecule has 0 aliphatic rings. The largest absolute Gasteiger partial charge is 0.468 e. The molecule has 0 saturated carbocycles. The first-order chi connectivity index (χ1) is 12.0. The van der Waals surface area contributed by atoms with Gasteiger partial charge in [0.25, 0.3) is 5.91 Å². The fourth-order valence-electron chi connectivity index (χ4n) is 2.13. The maximum absolute atomic E-state index is 12.2. The van der Waals surface area contributed by atoms with Crippen LogP contribution in [0.5, 0.6) is 0 Å². The average molecular weight is 376 g/mol. The molecule has 1 amide bonds. The van der Waals surface area contributed by atoms with Crippen molar-refractivity contribution in [1.29, 1.82) is 0 Å². The first kappa shape index (κ1) is 17.4. The van der Waals surface area contributed by atoms with Gasteiger partial charge in [0.05, 0.1) is 24.2 Å². The predicted octanol–water partition coefficient (Wildman–Crippen LogP) is 2.75. The normalized spacial score (nSPS) is 11.4. The molecule has 0 aliphatic carbocycles. The molecule has 2 N–H and O–H groups in total. The second-order valence-corrected chi connectivity index (χ2v) is 7.99. The van der Waals surface area contributed by atoms with Crippen molar-refractivity contribution in [2.45, 2.75) is 18.0 Å². The third kappa shape index (κ3) is 4.56. The van der Waals surface area contributed by atoms with Crippen molar-refractivity contribution in [2.75, 3.05) is 0 Å². The van der Waals surface area contributed by atoms with Crippen molar-refractivity contribution < 1.29 is 17.6 Å². The lowest BCUT2D eigenvalue weighted by Gasteiger charge is -2.07. The Bertz CT molecular complexity index is 916. The molecule has 1 aromatic carbocycles. The Hall–Kier alpha value is -2.42. The molecule has 0 radical (unpaired) electrons. The van der Waals surface area contributed by atoms with Crippen molar-refractivity contribution in [3.05, 3.63) is 76.4 Å². The summed E-state index contributed by atoms with van der Waals surface area (Å²) < 4.78 is 32.0. The van der Waals surface area contributed by atoms with E-state index < -0.39 is 10.0 Å². The van der Waals surface area contributed by atoms with Gasteiger partial charge in [-0.15, -0.1) is 11.3 Å². The van der Waals surface area contributed by atoms with E-state index in [9.17, 15) is 13.2 Å². The van der Waals surface area contributed by atoms with Crippen LogP contribution in [0.25, 0.3) is 0 Å². The second-order valence-electron chi connectivity index (χ2n) is 5.19. The Morgan fingerprint density at radius 3 is 2.48 bits per heavy atom. The van der Waals surface area contributed by atoms with Gasteiger partial charge in [-0.05, 0) is 47.8 Å². The zero-order valence-corrected chi connectivity index (χ0v) is 14.8. The van der Waals surface area contributed by atoms with Gasteiger partial charge in [0.15, 0.2) is 0 Å². The summed E-state index contributed by atoms with van der Waals surface area (Å²) in [6, 6.07) is 13.0. The monoisotopic (exact) mass is 376 g/mol. The molecule has 2 aromatic heterocycles. The average Bonchev–Trinajstić information content (AvgIpc) is 3.31. The molecule has 8 heteroatoms. The first-order valence-corrected chi connectivity index (χ1v) is 9.83. The van der Waals surface area contributed by atoms with Crippen LogP contribution in [0, 0.1) is 0 Å². The van der Waals surface area contributed by atoms with E-state index in [1.54, 1.807) is 23.5 Å². The van der Waals surface area contributed by atoms with Gasteiger partial charge in [-0.2, -0.15) is 0 Å². The Morgan fingerprint density at radius 2 is 1.84 bits per heavy atom. The number of rotatable bonds is 7. The lowest BCUT2D eigenvalue weighted by molar-refractivity contribution is 0.0951. The first-order valence-electron chi connectivity index (χ1n) is 7.47. The number of thiophene rings is 1. The molecule has 0 saturated heterocycles. The SMILES string of the molecule is O=C(NCc1cccs1)c1ccc(S(=O)(=O)NCc2ccco2)cc1. The van der Waals surface area contributed by atoms with Crippen LogP contribution >= 0.6 is 11.3 Å². The van der Waals surface area contributed by atoms with Gasteiger partial charge in [0, 0.05) is 10.4 Å². The minimum Gasteiger partial charge on any atom is -0.468 e. The van der Waals surface area contributed by atoms with Gasteiger partial charge in [0.2, 0.25) is 10.0 Å². The number of sulfonamides is 1. The van der Waals surface area contributed by atoms with E-state index in [0.29, 0.717) is 17.9 Å². The van der Waals surface area contributed by atoms with Crippen molar-refractivity contribution in [3.8, 4) is 0 Å². The second kappa shape index (κ2) is 7.64. The number of furan rings is 1. The molecule has 0 fully saturated rings. The van der Waals surface area contributed by atoms with Crippen LogP contribution in [-0.4, -0.2) is 14.3 Å². The van der Waals surface area contributed by atoms with E-state index in [1.165, 1.54) is 30.5 Å². The quantitative estimate of drug-likeness (QED) is 0.664. The van der Waals surface area contributed by atoms with E-state index in [4.69, 9.17) is 4.42 Å². The molecular weight excluding hydrogens is 360 g/mol. The number of amides is 1. The number of nitrogens with one attached hydrogen (secondary N) is 2. The molecule has 25 heavy (non-hydrogen) atoms. The highest BCUT2D eigenvalue weighted by atomic mass is 32.2. The molecule has 6 nitrogen and oxygen atoms in total. The Kier molecular flexibility index (Phi) is 5.32. The number of carbonyl (C=O) groups excluding carboxylic acids is 1. The van der Waals surface area contributed by atoms with Crippen LogP contribution in [0.2, 0.25) is 0 Å². The standard InChI is InChI=1S/C17H16N2O4S2/c20-17(18-12-15-4-2-10-24-15)13-5-7-16(8-6-13)25(21,22)19-11-14-3-1-9-23-14/h1-10,19H,11-12H2,(H,18,20). The lowest BCUT2D eigenvalue weighted by atomic mass is 10.2. The van der Waals surface area contributed by atoms with E-state index in [1.807, 2.05) is 17.5 Å². The summed E-state index contributed by atoms with van der Waals surface area (Å²) >= 11 is 1.56. The smallest absolute Gasteiger partial charge is 0.251 e. The molecule has 0 aliphatic heterocycles. The third-order valence-corrected chi connectivity index (χ3v) is 5.74. The van der Waals surface area contributed by atoms with Gasteiger partial charge in [0.1, 0.15) is 5.76 Å². The molecule has 3 aromatic rings. The van der Waals surface area contributed by atoms with Gasteiger partial charge in [-0.25, -0.2) is 13.1 Å². The van der Waals surface area contributed by atoms with Crippen LogP contribution in [0.1, 0.15) is 21.0 Å². The molecule has 3 rings (SSSR count). The maximum atomic E-state index is 12.2. The van der Waals surface area contributed by atoms with Gasteiger partial charge in [-0.3, -0.25) is 4.79 Å². The van der Waals surface area contributed by atoms with Gasteiger partial charge in [-0.1, -0.05) is 6.07 Å². The number of hydrogen-bond acceptors (Lipinski definition) is 5. The highest BCUT2D eigenvalue weighted by molar-refractivity contribution is 7.89. The molecule has 0 atom stereocenters. The maximum Gasteiger partial charge on any atom is 0.251 e. The number of benzene rings is 1. The van der Waals surface area contributed by atoms with Crippen LogP contribution in [-0.2, 0) is 23.1 Å². The van der Waals surface area contributed by atoms with E-state index in [2.05, 4.69) is 10.0 Å². The fraction of sp³-hybridized carbons (Fsp3) is 0.118. The third-order valence-electron chi connectivity index (χ3n) is 3.45. The Labute approximate surface area is 149 Å². The van der Waals surface area contributed by atoms with Crippen LogP contribution in [0.4, 0.5) is 0 Å². The molecular formula is C17H16N2O4S2. The Morgan fingerprint density at radius 1 is 1.04 bits per heavy atom. The van der Waals surface area contributed by atoms with Gasteiger partial charge >= 0.3 is 0 Å². The predicted molar refractivity (Wildman–Crippen MR) is 94.7 cm³/mol. The summed E-state index contributed by atoms with van der Waals surface area (Å²) in [7, 11) is -3.67. The summed E-state index contributed by atoms with van der Waals surface area (Å²) in [6.07, 6.45) is 1.48. The molecule has 2 heterocycles. The van der Waals surface area contributed by atoms with Crippen molar-refractivity contribution in [3.63, 3.8) is 0 Å². The van der Waals surface area contributed by atoms with Crippen molar-refractivity contribution in [1.82, 2.24) is 10.0 Å². The summed E-state index contributed by atoms with van der Waals surface area (Å²) in [6.45, 7) is 0.514. The van der Waals surface area contributed by atoms with Crippen LogP contribution < -0.4 is 10.0 Å². The molecule has 0 unspecified atom stereocenters. The van der Waals surface area contributed by atoms with Crippen LogP contribution in [0.15, 0.2) is 69.5 Å². The summed E-state index contributed by atoms with van der Waals surface area (Å²) in [4.78, 5) is 13.2. The molecule has 0 spiro atoms. The zero-order chi connectivity index (χ0) is 17.7. The Balaban J connectivity index is 1.61. The van der Waals surface area contributed by atoms with Gasteiger partial charge < -0.3 is 9.73 Å². The van der Waals surface area contributed by atoms with Crippen molar-refractivity contribution in [2.24, 2.45) is 0 Å². The fourth-order valence-corrected chi connectivity index (χ4v) is 3.77. The van der Waals surface area contributed by atoms with E-state index >= 15 is 0 Å². The highest BCUT2D eigenvalue weighted by Crippen LogP contribution is 2.13. The highest BCUT2D eigenvalue weighted by Gasteiger charge is 2.15. The van der Waals surface area contributed by atoms with E-state index in [-0.39, 0.29) is 17.3 Å². The minimum absolute atomic E-state index is 0.0678. The molecule has 130 valence electrons. The lowest BCUT2D eigenvalue weighted by Crippen LogP contribution is -2.24. The minimum atomic E-state index is -3.67. The number of hydrogen-bond donors (Lipinski definition) is 2. The molecule has 0 bridgehead atoms. The van der Waals surface area contributed by atoms with Crippen molar-refractivity contribution >= 4 is 27.3 Å². The van der Waals surface area contributed by atoms with Crippen LogP contribution in [0.3, 0.4) is 0 Å². The summed E-state index contributed by atoms with van der Waals surface area (Å²) in [5, 5.41) is 4.74. The summed E-state index contributed by atoms with van der Waals surface area (Å²) in [5.74, 6) is 0.272. The zero-order valence-electron chi connectivity index (χ0n) is 13.1. The topological polar surface area (TPSA) is 88.4 Å². The number of carbonyl (C=O) groups is 1. The summed E-state index contributed by atoms with van der Waals surface area (Å²) in [5.41, 5.74) is 0.404. The van der Waals surface area contributed by atoms with E-state index in [0.717, 1.165) is 4.88 Å².